The van der Waals surface area contributed by atoms with Crippen molar-refractivity contribution in [3.8, 4) is 11.5 Å². The van der Waals surface area contributed by atoms with E-state index in [0.29, 0.717) is 0 Å². The van der Waals surface area contributed by atoms with E-state index in [0.717, 1.165) is 60.3 Å². The van der Waals surface area contributed by atoms with Crippen LogP contribution in [-0.4, -0.2) is 37.9 Å². The molecule has 0 aliphatic carbocycles. The van der Waals surface area contributed by atoms with Crippen LogP contribution in [-0.2, 0) is 0 Å². The number of hydrogen-bond acceptors (Lipinski definition) is 4. The van der Waals surface area contributed by atoms with E-state index in [4.69, 9.17) is 21.1 Å². The molecular weight excluding hydrogens is 359 g/mol. The lowest BCUT2D eigenvalue weighted by Gasteiger charge is -2.36. The number of piperazine rings is 1. The molecule has 0 aromatic heterocycles. The van der Waals surface area contributed by atoms with Crippen LogP contribution in [0.3, 0.4) is 0 Å². The van der Waals surface area contributed by atoms with Crippen LogP contribution in [0.4, 0.5) is 0 Å². The minimum Gasteiger partial charge on any atom is -0.454 e. The summed E-state index contributed by atoms with van der Waals surface area (Å²) < 4.78 is 10.9. The zero-order chi connectivity index (χ0) is 14.8. The number of halogens is 3. The zero-order valence-corrected chi connectivity index (χ0v) is 15.5. The highest BCUT2D eigenvalue weighted by molar-refractivity contribution is 6.31. The Morgan fingerprint density at radius 3 is 2.48 bits per heavy atom. The Morgan fingerprint density at radius 1 is 1.26 bits per heavy atom. The molecule has 0 bridgehead atoms. The molecule has 130 valence electrons. The minimum absolute atomic E-state index is 0. The summed E-state index contributed by atoms with van der Waals surface area (Å²) in [4.78, 5) is 2.47. The van der Waals surface area contributed by atoms with Crippen molar-refractivity contribution in [3.63, 3.8) is 0 Å². The lowest BCUT2D eigenvalue weighted by atomic mass is 9.97. The van der Waals surface area contributed by atoms with E-state index in [-0.39, 0.29) is 37.6 Å². The van der Waals surface area contributed by atoms with Gasteiger partial charge in [0.05, 0.1) is 0 Å². The Balaban J connectivity index is 0.00000132. The van der Waals surface area contributed by atoms with Gasteiger partial charge in [0.1, 0.15) is 0 Å². The Bertz CT molecular complexity index is 548. The first-order chi connectivity index (χ1) is 10.1. The normalized spacial score (nSPS) is 17.8. The fourth-order valence-corrected chi connectivity index (χ4v) is 3.23. The Labute approximate surface area is 155 Å². The molecule has 2 heterocycles. The molecule has 2 aliphatic heterocycles. The van der Waals surface area contributed by atoms with Gasteiger partial charge in [-0.25, -0.2) is 0 Å². The SMILES string of the molecule is C=C(C)C[C@H](c1cc2c(cc1Cl)OCO2)N1CCNCC1.Cl.Cl. The number of ether oxygens (including phenoxy) is 2. The molecular formula is C16H23Cl3N2O2. The molecule has 0 saturated carbocycles. The van der Waals surface area contributed by atoms with E-state index >= 15 is 0 Å². The van der Waals surface area contributed by atoms with Gasteiger partial charge in [-0.1, -0.05) is 17.2 Å². The van der Waals surface area contributed by atoms with Crippen molar-refractivity contribution in [2.24, 2.45) is 0 Å². The second-order valence-electron chi connectivity index (χ2n) is 5.69. The summed E-state index contributed by atoms with van der Waals surface area (Å²) in [5.74, 6) is 1.52. The molecule has 7 heteroatoms. The largest absolute Gasteiger partial charge is 0.454 e. The predicted molar refractivity (Wildman–Crippen MR) is 98.7 cm³/mol. The Kier molecular flexibility index (Phi) is 7.98. The van der Waals surface area contributed by atoms with Crippen LogP contribution in [0.2, 0.25) is 5.02 Å². The molecule has 1 N–H and O–H groups in total. The van der Waals surface area contributed by atoms with Crippen molar-refractivity contribution in [2.75, 3.05) is 33.0 Å². The Hall–Kier alpha value is -0.650. The molecule has 1 fully saturated rings. The average Bonchev–Trinajstić information content (AvgIpc) is 2.92. The second kappa shape index (κ2) is 9.00. The van der Waals surface area contributed by atoms with Gasteiger partial charge >= 0.3 is 0 Å². The van der Waals surface area contributed by atoms with Crippen LogP contribution >= 0.6 is 36.4 Å². The van der Waals surface area contributed by atoms with Crippen LogP contribution in [0.1, 0.15) is 24.9 Å². The fraction of sp³-hybridized carbons (Fsp3) is 0.500. The van der Waals surface area contributed by atoms with Gasteiger partial charge < -0.3 is 14.8 Å². The van der Waals surface area contributed by atoms with Crippen molar-refractivity contribution in [1.29, 1.82) is 0 Å². The summed E-state index contributed by atoms with van der Waals surface area (Å²) in [5, 5.41) is 4.13. The van der Waals surface area contributed by atoms with Crippen molar-refractivity contribution in [1.82, 2.24) is 10.2 Å². The van der Waals surface area contributed by atoms with Gasteiger partial charge in [-0.15, -0.1) is 31.4 Å². The number of rotatable bonds is 4. The summed E-state index contributed by atoms with van der Waals surface area (Å²) in [5.41, 5.74) is 2.26. The van der Waals surface area contributed by atoms with Gasteiger partial charge in [-0.05, 0) is 25.0 Å². The van der Waals surface area contributed by atoms with Crippen LogP contribution < -0.4 is 14.8 Å². The van der Waals surface area contributed by atoms with E-state index in [9.17, 15) is 0 Å². The van der Waals surface area contributed by atoms with Crippen molar-refractivity contribution < 1.29 is 9.47 Å². The number of nitrogens with one attached hydrogen (secondary N) is 1. The van der Waals surface area contributed by atoms with E-state index in [1.54, 1.807) is 0 Å². The van der Waals surface area contributed by atoms with Crippen molar-refractivity contribution in [2.45, 2.75) is 19.4 Å². The van der Waals surface area contributed by atoms with Gasteiger partial charge in [0.15, 0.2) is 11.5 Å². The first kappa shape index (κ1) is 20.4. The average molecular weight is 382 g/mol. The summed E-state index contributed by atoms with van der Waals surface area (Å²) in [6.45, 7) is 10.5. The van der Waals surface area contributed by atoms with Crippen LogP contribution in [0.5, 0.6) is 11.5 Å². The molecule has 3 rings (SSSR count). The third-order valence-corrected chi connectivity index (χ3v) is 4.31. The monoisotopic (exact) mass is 380 g/mol. The first-order valence-electron chi connectivity index (χ1n) is 7.33. The van der Waals surface area contributed by atoms with E-state index in [2.05, 4.69) is 23.7 Å². The van der Waals surface area contributed by atoms with Crippen molar-refractivity contribution >= 4 is 36.4 Å². The minimum atomic E-state index is 0. The van der Waals surface area contributed by atoms with Crippen LogP contribution in [0.25, 0.3) is 0 Å². The first-order valence-corrected chi connectivity index (χ1v) is 7.71. The van der Waals surface area contributed by atoms with E-state index < -0.39 is 0 Å². The topological polar surface area (TPSA) is 33.7 Å². The maximum absolute atomic E-state index is 6.50. The van der Waals surface area contributed by atoms with Gasteiger partial charge in [0, 0.05) is 43.3 Å². The van der Waals surface area contributed by atoms with E-state index in [1.807, 2.05) is 12.1 Å². The summed E-state index contributed by atoms with van der Waals surface area (Å²) in [6.07, 6.45) is 0.902. The van der Waals surface area contributed by atoms with Gasteiger partial charge in [-0.2, -0.15) is 0 Å². The highest BCUT2D eigenvalue weighted by atomic mass is 35.5. The standard InChI is InChI=1S/C16H21ClN2O2.2ClH/c1-11(2)7-14(19-5-3-18-4-6-19)12-8-15-16(9-13(12)17)21-10-20-15;;/h8-9,14,18H,1,3-7,10H2,2H3;2*1H/t14-;;/m1../s1. The number of benzene rings is 1. The highest BCUT2D eigenvalue weighted by Crippen LogP contribution is 2.41. The number of fused-ring (bicyclic) bond motifs is 1. The maximum atomic E-state index is 6.50. The molecule has 1 aromatic carbocycles. The zero-order valence-electron chi connectivity index (χ0n) is 13.1. The molecule has 1 saturated heterocycles. The number of hydrogen-bond donors (Lipinski definition) is 1. The molecule has 1 aromatic rings. The van der Waals surface area contributed by atoms with Gasteiger partial charge in [0.25, 0.3) is 0 Å². The fourth-order valence-electron chi connectivity index (χ4n) is 2.95. The second-order valence-corrected chi connectivity index (χ2v) is 6.10. The number of nitrogens with zero attached hydrogens (tertiary/aromatic N) is 1. The van der Waals surface area contributed by atoms with Gasteiger partial charge in [0.2, 0.25) is 6.79 Å². The molecule has 0 amide bonds. The highest BCUT2D eigenvalue weighted by Gasteiger charge is 2.27. The van der Waals surface area contributed by atoms with Gasteiger partial charge in [-0.3, -0.25) is 4.90 Å². The van der Waals surface area contributed by atoms with Crippen molar-refractivity contribution in [3.05, 3.63) is 34.9 Å². The summed E-state index contributed by atoms with van der Waals surface area (Å²) in [6, 6.07) is 4.14. The molecule has 0 unspecified atom stereocenters. The molecule has 0 spiro atoms. The van der Waals surface area contributed by atoms with E-state index in [1.165, 1.54) is 0 Å². The summed E-state index contributed by atoms with van der Waals surface area (Å²) >= 11 is 6.50. The Morgan fingerprint density at radius 2 is 1.87 bits per heavy atom. The van der Waals surface area contributed by atoms with Crippen LogP contribution in [0, 0.1) is 0 Å². The predicted octanol–water partition coefficient (Wildman–Crippen LogP) is 3.82. The molecule has 23 heavy (non-hydrogen) atoms. The van der Waals surface area contributed by atoms with Crippen LogP contribution in [0.15, 0.2) is 24.3 Å². The molecule has 0 radical (unpaired) electrons. The third-order valence-electron chi connectivity index (χ3n) is 3.99. The third kappa shape index (κ3) is 4.68. The smallest absolute Gasteiger partial charge is 0.231 e. The molecule has 4 nitrogen and oxygen atoms in total. The quantitative estimate of drug-likeness (QED) is 0.804. The summed E-state index contributed by atoms with van der Waals surface area (Å²) in [7, 11) is 0. The molecule has 2 aliphatic rings. The lowest BCUT2D eigenvalue weighted by Crippen LogP contribution is -2.45. The molecule has 1 atom stereocenters. The lowest BCUT2D eigenvalue weighted by molar-refractivity contribution is 0.170. The maximum Gasteiger partial charge on any atom is 0.231 e.